The lowest BCUT2D eigenvalue weighted by atomic mass is 9.93. The maximum absolute atomic E-state index is 6.08. The average Bonchev–Trinajstić information content (AvgIpc) is 2.90. The van der Waals surface area contributed by atoms with E-state index < -0.39 is 0 Å². The molecule has 0 aliphatic carbocycles. The molecule has 1 saturated heterocycles. The van der Waals surface area contributed by atoms with E-state index in [-0.39, 0.29) is 0 Å². The van der Waals surface area contributed by atoms with Crippen LogP contribution in [0, 0.1) is 5.41 Å². The SMILES string of the molecule is CCc1cc2c(N3CCC(C)(C)C3)nc(Cl)nc2s1. The van der Waals surface area contributed by atoms with Crippen LogP contribution in [-0.4, -0.2) is 23.1 Å². The number of anilines is 1. The summed E-state index contributed by atoms with van der Waals surface area (Å²) in [6, 6.07) is 2.22. The third-order valence-corrected chi connectivity index (χ3v) is 5.06. The van der Waals surface area contributed by atoms with Crippen molar-refractivity contribution in [2.75, 3.05) is 18.0 Å². The van der Waals surface area contributed by atoms with Gasteiger partial charge >= 0.3 is 0 Å². The van der Waals surface area contributed by atoms with E-state index >= 15 is 0 Å². The molecule has 0 bridgehead atoms. The Balaban J connectivity index is 2.09. The summed E-state index contributed by atoms with van der Waals surface area (Å²) in [4.78, 5) is 13.5. The van der Waals surface area contributed by atoms with Crippen molar-refractivity contribution in [2.24, 2.45) is 5.41 Å². The molecule has 1 aliphatic heterocycles. The second-order valence-electron chi connectivity index (χ2n) is 5.94. The van der Waals surface area contributed by atoms with Gasteiger partial charge in [-0.15, -0.1) is 11.3 Å². The van der Waals surface area contributed by atoms with Crippen molar-refractivity contribution in [3.8, 4) is 0 Å². The fourth-order valence-corrected chi connectivity index (χ4v) is 3.82. The maximum Gasteiger partial charge on any atom is 0.225 e. The number of nitrogens with zero attached hydrogens (tertiary/aromatic N) is 3. The number of halogens is 1. The molecule has 0 N–H and O–H groups in total. The largest absolute Gasteiger partial charge is 0.355 e. The smallest absolute Gasteiger partial charge is 0.225 e. The van der Waals surface area contributed by atoms with Crippen LogP contribution >= 0.6 is 22.9 Å². The predicted molar refractivity (Wildman–Crippen MR) is 82.4 cm³/mol. The summed E-state index contributed by atoms with van der Waals surface area (Å²) in [5.74, 6) is 1.01. The first kappa shape index (κ1) is 13.1. The van der Waals surface area contributed by atoms with Crippen LogP contribution in [0.25, 0.3) is 10.2 Å². The molecule has 2 aromatic heterocycles. The zero-order valence-corrected chi connectivity index (χ0v) is 13.1. The summed E-state index contributed by atoms with van der Waals surface area (Å²) in [6.45, 7) is 8.86. The van der Waals surface area contributed by atoms with E-state index in [0.717, 1.165) is 35.5 Å². The molecule has 0 aromatic carbocycles. The van der Waals surface area contributed by atoms with Crippen molar-refractivity contribution < 1.29 is 0 Å². The summed E-state index contributed by atoms with van der Waals surface area (Å²) >= 11 is 7.81. The predicted octanol–water partition coefficient (Wildman–Crippen LogP) is 4.14. The molecule has 1 fully saturated rings. The van der Waals surface area contributed by atoms with E-state index in [4.69, 9.17) is 11.6 Å². The monoisotopic (exact) mass is 295 g/mol. The Morgan fingerprint density at radius 3 is 2.84 bits per heavy atom. The van der Waals surface area contributed by atoms with E-state index in [0.29, 0.717) is 10.7 Å². The van der Waals surface area contributed by atoms with Crippen LogP contribution in [-0.2, 0) is 6.42 Å². The third-order valence-electron chi connectivity index (χ3n) is 3.72. The second kappa shape index (κ2) is 4.60. The fraction of sp³-hybridized carbons (Fsp3) is 0.571. The van der Waals surface area contributed by atoms with Crippen LogP contribution in [0.1, 0.15) is 32.1 Å². The molecule has 0 atom stereocenters. The van der Waals surface area contributed by atoms with Crippen molar-refractivity contribution >= 4 is 39.0 Å². The number of aromatic nitrogens is 2. The molecule has 0 unspecified atom stereocenters. The molecular formula is C14H18ClN3S. The van der Waals surface area contributed by atoms with Crippen LogP contribution in [0.4, 0.5) is 5.82 Å². The van der Waals surface area contributed by atoms with Gasteiger partial charge in [-0.25, -0.2) is 4.98 Å². The number of rotatable bonds is 2. The van der Waals surface area contributed by atoms with E-state index in [1.807, 2.05) is 0 Å². The minimum absolute atomic E-state index is 0.355. The Morgan fingerprint density at radius 2 is 2.21 bits per heavy atom. The van der Waals surface area contributed by atoms with Crippen molar-refractivity contribution in [2.45, 2.75) is 33.6 Å². The summed E-state index contributed by atoms with van der Waals surface area (Å²) in [6.07, 6.45) is 2.23. The van der Waals surface area contributed by atoms with Gasteiger partial charge in [0.15, 0.2) is 0 Å². The Morgan fingerprint density at radius 1 is 1.42 bits per heavy atom. The summed E-state index contributed by atoms with van der Waals surface area (Å²) in [5, 5.41) is 1.51. The molecule has 3 heterocycles. The molecule has 2 aromatic rings. The van der Waals surface area contributed by atoms with E-state index in [9.17, 15) is 0 Å². The van der Waals surface area contributed by atoms with Gasteiger partial charge in [0.25, 0.3) is 0 Å². The van der Waals surface area contributed by atoms with Gasteiger partial charge in [0, 0.05) is 18.0 Å². The topological polar surface area (TPSA) is 29.0 Å². The number of hydrogen-bond acceptors (Lipinski definition) is 4. The molecule has 0 amide bonds. The third kappa shape index (κ3) is 2.43. The first-order valence-corrected chi connectivity index (χ1v) is 7.89. The molecule has 3 rings (SSSR count). The first-order chi connectivity index (χ1) is 8.98. The maximum atomic E-state index is 6.08. The van der Waals surface area contributed by atoms with Gasteiger partial charge in [0.2, 0.25) is 5.28 Å². The molecule has 5 heteroatoms. The van der Waals surface area contributed by atoms with Crippen molar-refractivity contribution in [1.29, 1.82) is 0 Å². The standard InChI is InChI=1S/C14H18ClN3S/c1-4-9-7-10-11(16-13(15)17-12(10)19-9)18-6-5-14(2,3)8-18/h7H,4-6,8H2,1-3H3. The molecular weight excluding hydrogens is 278 g/mol. The van der Waals surface area contributed by atoms with Crippen molar-refractivity contribution in [3.63, 3.8) is 0 Å². The Labute approximate surface area is 122 Å². The quantitative estimate of drug-likeness (QED) is 0.780. The molecule has 0 radical (unpaired) electrons. The number of aryl methyl sites for hydroxylation is 1. The van der Waals surface area contributed by atoms with Crippen LogP contribution in [0.2, 0.25) is 5.28 Å². The van der Waals surface area contributed by atoms with Gasteiger partial charge in [-0.05, 0) is 35.9 Å². The van der Waals surface area contributed by atoms with E-state index in [1.165, 1.54) is 11.3 Å². The minimum atomic E-state index is 0.355. The van der Waals surface area contributed by atoms with Gasteiger partial charge in [-0.2, -0.15) is 4.98 Å². The highest BCUT2D eigenvalue weighted by Crippen LogP contribution is 2.37. The Bertz CT molecular complexity index is 620. The van der Waals surface area contributed by atoms with Gasteiger partial charge < -0.3 is 4.90 Å². The zero-order chi connectivity index (χ0) is 13.6. The molecule has 1 aliphatic rings. The lowest BCUT2D eigenvalue weighted by molar-refractivity contribution is 0.418. The number of fused-ring (bicyclic) bond motifs is 1. The van der Waals surface area contributed by atoms with Crippen LogP contribution in [0.15, 0.2) is 6.07 Å². The van der Waals surface area contributed by atoms with Crippen molar-refractivity contribution in [3.05, 3.63) is 16.2 Å². The summed E-state index contributed by atoms with van der Waals surface area (Å²) < 4.78 is 0. The van der Waals surface area contributed by atoms with Gasteiger partial charge in [-0.1, -0.05) is 20.8 Å². The Hall–Kier alpha value is -0.870. The molecule has 102 valence electrons. The summed E-state index contributed by atoms with van der Waals surface area (Å²) in [7, 11) is 0. The zero-order valence-electron chi connectivity index (χ0n) is 11.5. The van der Waals surface area contributed by atoms with Crippen molar-refractivity contribution in [1.82, 2.24) is 9.97 Å². The van der Waals surface area contributed by atoms with Gasteiger partial charge in [-0.3, -0.25) is 0 Å². The highest BCUT2D eigenvalue weighted by molar-refractivity contribution is 7.18. The molecule has 0 saturated carbocycles. The molecule has 19 heavy (non-hydrogen) atoms. The highest BCUT2D eigenvalue weighted by Gasteiger charge is 2.31. The fourth-order valence-electron chi connectivity index (χ4n) is 2.64. The van der Waals surface area contributed by atoms with E-state index in [2.05, 4.69) is 41.7 Å². The average molecular weight is 296 g/mol. The minimum Gasteiger partial charge on any atom is -0.355 e. The number of hydrogen-bond donors (Lipinski definition) is 0. The summed E-state index contributed by atoms with van der Waals surface area (Å²) in [5.41, 5.74) is 0.355. The van der Waals surface area contributed by atoms with Gasteiger partial charge in [0.1, 0.15) is 10.6 Å². The van der Waals surface area contributed by atoms with Crippen LogP contribution in [0.3, 0.4) is 0 Å². The lowest BCUT2D eigenvalue weighted by Crippen LogP contribution is -2.23. The first-order valence-electron chi connectivity index (χ1n) is 6.69. The normalized spacial score (nSPS) is 18.4. The molecule has 0 spiro atoms. The van der Waals surface area contributed by atoms with Crippen LogP contribution < -0.4 is 4.90 Å². The number of thiophene rings is 1. The second-order valence-corrected chi connectivity index (χ2v) is 7.39. The Kier molecular flexibility index (Phi) is 3.18. The highest BCUT2D eigenvalue weighted by atomic mass is 35.5. The molecule has 3 nitrogen and oxygen atoms in total. The lowest BCUT2D eigenvalue weighted by Gasteiger charge is -2.21. The van der Waals surface area contributed by atoms with Crippen LogP contribution in [0.5, 0.6) is 0 Å². The van der Waals surface area contributed by atoms with E-state index in [1.54, 1.807) is 11.3 Å². The van der Waals surface area contributed by atoms with Gasteiger partial charge in [0.05, 0.1) is 5.39 Å².